The van der Waals surface area contributed by atoms with Crippen LogP contribution in [0, 0.1) is 0 Å². The molecule has 0 aliphatic carbocycles. The van der Waals surface area contributed by atoms with Crippen LogP contribution in [-0.2, 0) is 9.84 Å². The Morgan fingerprint density at radius 1 is 1.25 bits per heavy atom. The standard InChI is InChI=1S/C16H24N4O3S/c1-2-17-16(20-14-8-11-24(22,23)12-14)19-10-9-18-15(21)13-6-4-3-5-7-13/h3-7,14H,2,8-12H2,1H3,(H,18,21)(H2,17,19,20). The third kappa shape index (κ3) is 5.84. The van der Waals surface area contributed by atoms with E-state index in [9.17, 15) is 13.2 Å². The number of nitrogens with one attached hydrogen (secondary N) is 3. The van der Waals surface area contributed by atoms with Gasteiger partial charge in [-0.05, 0) is 25.5 Å². The van der Waals surface area contributed by atoms with E-state index in [1.165, 1.54) is 0 Å². The van der Waals surface area contributed by atoms with Crippen LogP contribution >= 0.6 is 0 Å². The number of carbonyl (C=O) groups excluding carboxylic acids is 1. The molecular formula is C16H24N4O3S. The van der Waals surface area contributed by atoms with Crippen LogP contribution in [0.3, 0.4) is 0 Å². The molecule has 1 heterocycles. The Bertz CT molecular complexity index is 674. The van der Waals surface area contributed by atoms with Crippen molar-refractivity contribution in [2.24, 2.45) is 4.99 Å². The first-order chi connectivity index (χ1) is 11.5. The fourth-order valence-electron chi connectivity index (χ4n) is 2.45. The Balaban J connectivity index is 1.80. The molecule has 0 saturated carbocycles. The number of hydrogen-bond donors (Lipinski definition) is 3. The molecule has 1 fully saturated rings. The number of hydrogen-bond acceptors (Lipinski definition) is 4. The smallest absolute Gasteiger partial charge is 0.251 e. The molecule has 0 bridgehead atoms. The van der Waals surface area contributed by atoms with Gasteiger partial charge in [-0.1, -0.05) is 18.2 Å². The number of guanidine groups is 1. The van der Waals surface area contributed by atoms with Gasteiger partial charge in [-0.2, -0.15) is 0 Å². The Morgan fingerprint density at radius 2 is 2.00 bits per heavy atom. The van der Waals surface area contributed by atoms with Crippen LogP contribution in [0.5, 0.6) is 0 Å². The minimum absolute atomic E-state index is 0.105. The van der Waals surface area contributed by atoms with E-state index >= 15 is 0 Å². The summed E-state index contributed by atoms with van der Waals surface area (Å²) in [6.07, 6.45) is 0.595. The quantitative estimate of drug-likeness (QED) is 0.385. The molecule has 7 nitrogen and oxygen atoms in total. The van der Waals surface area contributed by atoms with E-state index in [4.69, 9.17) is 0 Å². The van der Waals surface area contributed by atoms with Gasteiger partial charge in [0, 0.05) is 24.7 Å². The maximum atomic E-state index is 11.9. The number of amides is 1. The summed E-state index contributed by atoms with van der Waals surface area (Å²) in [4.78, 5) is 16.3. The van der Waals surface area contributed by atoms with E-state index in [1.807, 2.05) is 25.1 Å². The zero-order valence-corrected chi connectivity index (χ0v) is 14.6. The van der Waals surface area contributed by atoms with Gasteiger partial charge in [0.15, 0.2) is 15.8 Å². The van der Waals surface area contributed by atoms with Gasteiger partial charge < -0.3 is 16.0 Å². The Labute approximate surface area is 142 Å². The van der Waals surface area contributed by atoms with Crippen LogP contribution in [0.1, 0.15) is 23.7 Å². The molecule has 1 aliphatic heterocycles. The lowest BCUT2D eigenvalue weighted by Gasteiger charge is -2.15. The maximum Gasteiger partial charge on any atom is 0.251 e. The van der Waals surface area contributed by atoms with Crippen molar-refractivity contribution in [2.75, 3.05) is 31.1 Å². The van der Waals surface area contributed by atoms with E-state index < -0.39 is 9.84 Å². The molecule has 0 spiro atoms. The van der Waals surface area contributed by atoms with Crippen molar-refractivity contribution >= 4 is 21.7 Å². The first-order valence-corrected chi connectivity index (χ1v) is 9.91. The Kier molecular flexibility index (Phi) is 6.60. The Morgan fingerprint density at radius 3 is 2.62 bits per heavy atom. The lowest BCUT2D eigenvalue weighted by atomic mass is 10.2. The zero-order valence-electron chi connectivity index (χ0n) is 13.8. The van der Waals surface area contributed by atoms with Crippen molar-refractivity contribution in [3.63, 3.8) is 0 Å². The van der Waals surface area contributed by atoms with Gasteiger partial charge >= 0.3 is 0 Å². The lowest BCUT2D eigenvalue weighted by molar-refractivity contribution is 0.0955. The minimum atomic E-state index is -2.93. The molecule has 3 N–H and O–H groups in total. The third-order valence-corrected chi connectivity index (χ3v) is 5.39. The number of benzene rings is 1. The summed E-state index contributed by atoms with van der Waals surface area (Å²) in [5.74, 6) is 0.804. The molecule has 0 aromatic heterocycles. The second kappa shape index (κ2) is 8.68. The first-order valence-electron chi connectivity index (χ1n) is 8.08. The molecule has 1 amide bonds. The lowest BCUT2D eigenvalue weighted by Crippen LogP contribution is -2.44. The van der Waals surface area contributed by atoms with Crippen LogP contribution in [-0.4, -0.2) is 57.5 Å². The SMILES string of the molecule is CCNC(=NCCNC(=O)c1ccccc1)NC1CCS(=O)(=O)C1. The fraction of sp³-hybridized carbons (Fsp3) is 0.500. The molecule has 2 rings (SSSR count). The van der Waals surface area contributed by atoms with Crippen molar-refractivity contribution in [2.45, 2.75) is 19.4 Å². The van der Waals surface area contributed by atoms with E-state index in [1.54, 1.807) is 12.1 Å². The molecular weight excluding hydrogens is 328 g/mol. The highest BCUT2D eigenvalue weighted by atomic mass is 32.2. The van der Waals surface area contributed by atoms with E-state index in [0.29, 0.717) is 37.6 Å². The average molecular weight is 352 g/mol. The second-order valence-electron chi connectivity index (χ2n) is 5.63. The van der Waals surface area contributed by atoms with E-state index in [2.05, 4.69) is 20.9 Å². The second-order valence-corrected chi connectivity index (χ2v) is 7.86. The highest BCUT2D eigenvalue weighted by molar-refractivity contribution is 7.91. The predicted octanol–water partition coefficient (Wildman–Crippen LogP) is 0.159. The largest absolute Gasteiger partial charge is 0.357 e. The first kappa shape index (κ1) is 18.3. The monoisotopic (exact) mass is 352 g/mol. The molecule has 24 heavy (non-hydrogen) atoms. The molecule has 1 aliphatic rings. The Hall–Kier alpha value is -2.09. The highest BCUT2D eigenvalue weighted by Gasteiger charge is 2.28. The van der Waals surface area contributed by atoms with Crippen molar-refractivity contribution < 1.29 is 13.2 Å². The van der Waals surface area contributed by atoms with Crippen LogP contribution in [0.25, 0.3) is 0 Å². The summed E-state index contributed by atoms with van der Waals surface area (Å²) in [5, 5.41) is 9.03. The van der Waals surface area contributed by atoms with Crippen LogP contribution in [0.15, 0.2) is 35.3 Å². The number of carbonyl (C=O) groups is 1. The van der Waals surface area contributed by atoms with Crippen molar-refractivity contribution in [1.82, 2.24) is 16.0 Å². The molecule has 8 heteroatoms. The van der Waals surface area contributed by atoms with Crippen molar-refractivity contribution in [3.8, 4) is 0 Å². The molecule has 1 saturated heterocycles. The fourth-order valence-corrected chi connectivity index (χ4v) is 4.12. The van der Waals surface area contributed by atoms with Gasteiger partial charge in [0.1, 0.15) is 0 Å². The molecule has 1 aromatic rings. The topological polar surface area (TPSA) is 99.7 Å². The zero-order chi connectivity index (χ0) is 17.4. The molecule has 0 radical (unpaired) electrons. The maximum absolute atomic E-state index is 11.9. The van der Waals surface area contributed by atoms with Crippen molar-refractivity contribution in [1.29, 1.82) is 0 Å². The summed E-state index contributed by atoms with van der Waals surface area (Å²) in [5.41, 5.74) is 0.614. The van der Waals surface area contributed by atoms with Crippen LogP contribution < -0.4 is 16.0 Å². The molecule has 1 atom stereocenters. The normalized spacial score (nSPS) is 19.7. The van der Waals surface area contributed by atoms with E-state index in [0.717, 1.165) is 0 Å². The van der Waals surface area contributed by atoms with Crippen LogP contribution in [0.4, 0.5) is 0 Å². The van der Waals surface area contributed by atoms with Crippen LogP contribution in [0.2, 0.25) is 0 Å². The summed E-state index contributed by atoms with van der Waals surface area (Å²) in [6.45, 7) is 3.45. The molecule has 1 unspecified atom stereocenters. The van der Waals surface area contributed by atoms with E-state index in [-0.39, 0.29) is 23.5 Å². The van der Waals surface area contributed by atoms with Crippen molar-refractivity contribution in [3.05, 3.63) is 35.9 Å². The van der Waals surface area contributed by atoms with Gasteiger partial charge in [0.05, 0.1) is 18.1 Å². The van der Waals surface area contributed by atoms with Gasteiger partial charge in [0.25, 0.3) is 5.91 Å². The highest BCUT2D eigenvalue weighted by Crippen LogP contribution is 2.10. The third-order valence-electron chi connectivity index (χ3n) is 3.62. The molecule has 1 aromatic carbocycles. The molecule has 132 valence electrons. The number of sulfone groups is 1. The van der Waals surface area contributed by atoms with Gasteiger partial charge in [-0.3, -0.25) is 9.79 Å². The number of aliphatic imine (C=N–C) groups is 1. The summed E-state index contributed by atoms with van der Waals surface area (Å²) < 4.78 is 23.0. The average Bonchev–Trinajstić information content (AvgIpc) is 2.91. The summed E-state index contributed by atoms with van der Waals surface area (Å²) in [7, 11) is -2.93. The number of nitrogens with zero attached hydrogens (tertiary/aromatic N) is 1. The summed E-state index contributed by atoms with van der Waals surface area (Å²) in [6, 6.07) is 8.90. The number of rotatable bonds is 6. The van der Waals surface area contributed by atoms with Gasteiger partial charge in [0.2, 0.25) is 0 Å². The predicted molar refractivity (Wildman–Crippen MR) is 94.9 cm³/mol. The van der Waals surface area contributed by atoms with Gasteiger partial charge in [-0.15, -0.1) is 0 Å². The summed E-state index contributed by atoms with van der Waals surface area (Å²) >= 11 is 0. The minimum Gasteiger partial charge on any atom is -0.357 e. The van der Waals surface area contributed by atoms with Gasteiger partial charge in [-0.25, -0.2) is 8.42 Å².